The first-order chi connectivity index (χ1) is 5.25. The Balaban J connectivity index is 2.82. The summed E-state index contributed by atoms with van der Waals surface area (Å²) in [6, 6.07) is 5.64. The SMILES string of the molecule is Sc1nc2cc(Br)ccc2o1. The minimum atomic E-state index is 0.401. The van der Waals surface area contributed by atoms with Gasteiger partial charge in [0.2, 0.25) is 0 Å². The van der Waals surface area contributed by atoms with Crippen molar-refractivity contribution < 1.29 is 4.42 Å². The molecule has 0 saturated carbocycles. The van der Waals surface area contributed by atoms with Gasteiger partial charge in [-0.2, -0.15) is 0 Å². The molecule has 1 aromatic heterocycles. The van der Waals surface area contributed by atoms with Crippen LogP contribution in [0.2, 0.25) is 0 Å². The van der Waals surface area contributed by atoms with E-state index >= 15 is 0 Å². The molecule has 0 spiro atoms. The Morgan fingerprint density at radius 3 is 3.09 bits per heavy atom. The predicted octanol–water partition coefficient (Wildman–Crippen LogP) is 2.88. The number of hydrogen-bond acceptors (Lipinski definition) is 3. The van der Waals surface area contributed by atoms with Gasteiger partial charge in [0.25, 0.3) is 5.22 Å². The van der Waals surface area contributed by atoms with E-state index in [1.807, 2.05) is 18.2 Å². The zero-order valence-electron chi connectivity index (χ0n) is 5.41. The van der Waals surface area contributed by atoms with Gasteiger partial charge in [-0.05, 0) is 18.2 Å². The van der Waals surface area contributed by atoms with Gasteiger partial charge in [-0.1, -0.05) is 28.6 Å². The van der Waals surface area contributed by atoms with Gasteiger partial charge in [-0.25, -0.2) is 4.98 Å². The van der Waals surface area contributed by atoms with E-state index in [-0.39, 0.29) is 0 Å². The van der Waals surface area contributed by atoms with Crippen LogP contribution in [0.4, 0.5) is 0 Å². The van der Waals surface area contributed by atoms with E-state index in [2.05, 4.69) is 33.5 Å². The number of hydrogen-bond donors (Lipinski definition) is 1. The van der Waals surface area contributed by atoms with E-state index in [0.29, 0.717) is 5.22 Å². The summed E-state index contributed by atoms with van der Waals surface area (Å²) in [6.07, 6.45) is 0. The molecule has 0 bridgehead atoms. The van der Waals surface area contributed by atoms with Crippen LogP contribution in [-0.4, -0.2) is 4.98 Å². The number of aromatic nitrogens is 1. The van der Waals surface area contributed by atoms with Gasteiger partial charge in [0.05, 0.1) is 0 Å². The molecule has 0 atom stereocenters. The van der Waals surface area contributed by atoms with Gasteiger partial charge in [-0.3, -0.25) is 0 Å². The maximum absolute atomic E-state index is 5.16. The fourth-order valence-corrected chi connectivity index (χ4v) is 1.44. The number of oxazole rings is 1. The average molecular weight is 230 g/mol. The van der Waals surface area contributed by atoms with Crippen LogP contribution in [0.5, 0.6) is 0 Å². The third kappa shape index (κ3) is 1.28. The average Bonchev–Trinajstić information content (AvgIpc) is 2.27. The zero-order chi connectivity index (χ0) is 7.84. The van der Waals surface area contributed by atoms with Crippen molar-refractivity contribution >= 4 is 39.7 Å². The van der Waals surface area contributed by atoms with E-state index in [0.717, 1.165) is 15.6 Å². The molecule has 2 nitrogen and oxygen atoms in total. The Hall–Kier alpha value is -0.480. The molecule has 0 aliphatic carbocycles. The van der Waals surface area contributed by atoms with Crippen molar-refractivity contribution in [3.63, 3.8) is 0 Å². The molecule has 2 rings (SSSR count). The largest absolute Gasteiger partial charge is 0.432 e. The normalized spacial score (nSPS) is 10.7. The quantitative estimate of drug-likeness (QED) is 0.704. The van der Waals surface area contributed by atoms with Gasteiger partial charge in [0.15, 0.2) is 5.58 Å². The van der Waals surface area contributed by atoms with Gasteiger partial charge in [0, 0.05) is 4.47 Å². The van der Waals surface area contributed by atoms with Crippen molar-refractivity contribution in [1.82, 2.24) is 4.98 Å². The molecule has 11 heavy (non-hydrogen) atoms. The van der Waals surface area contributed by atoms with E-state index < -0.39 is 0 Å². The van der Waals surface area contributed by atoms with Crippen molar-refractivity contribution in [2.24, 2.45) is 0 Å². The first-order valence-corrected chi connectivity index (χ1v) is 4.25. The molecule has 0 fully saturated rings. The number of nitrogens with zero attached hydrogens (tertiary/aromatic N) is 1. The third-order valence-corrected chi connectivity index (χ3v) is 2.02. The Morgan fingerprint density at radius 2 is 2.27 bits per heavy atom. The molecule has 56 valence electrons. The lowest BCUT2D eigenvalue weighted by atomic mass is 10.3. The monoisotopic (exact) mass is 229 g/mol. The summed E-state index contributed by atoms with van der Waals surface area (Å²) < 4.78 is 6.15. The molecule has 4 heteroatoms. The van der Waals surface area contributed by atoms with Crippen LogP contribution in [0.25, 0.3) is 11.1 Å². The minimum absolute atomic E-state index is 0.401. The maximum atomic E-state index is 5.16. The van der Waals surface area contributed by atoms with Crippen LogP contribution in [-0.2, 0) is 0 Å². The van der Waals surface area contributed by atoms with Crippen LogP contribution >= 0.6 is 28.6 Å². The molecule has 1 heterocycles. The summed E-state index contributed by atoms with van der Waals surface area (Å²) in [6.45, 7) is 0. The molecule has 0 N–H and O–H groups in total. The van der Waals surface area contributed by atoms with Crippen molar-refractivity contribution in [1.29, 1.82) is 0 Å². The number of rotatable bonds is 0. The number of thiol groups is 1. The summed E-state index contributed by atoms with van der Waals surface area (Å²) in [7, 11) is 0. The highest BCUT2D eigenvalue weighted by Crippen LogP contribution is 2.21. The van der Waals surface area contributed by atoms with Gasteiger partial charge >= 0.3 is 0 Å². The maximum Gasteiger partial charge on any atom is 0.253 e. The standard InChI is InChI=1S/C7H4BrNOS/c8-4-1-2-6-5(3-4)9-7(11)10-6/h1-3H,(H,9,11). The van der Waals surface area contributed by atoms with Crippen molar-refractivity contribution in [3.05, 3.63) is 22.7 Å². The molecule has 0 aliphatic rings. The lowest BCUT2D eigenvalue weighted by Gasteiger charge is -1.85. The van der Waals surface area contributed by atoms with Gasteiger partial charge in [0.1, 0.15) is 5.52 Å². The summed E-state index contributed by atoms with van der Waals surface area (Å²) in [5.41, 5.74) is 1.59. The van der Waals surface area contributed by atoms with E-state index in [1.165, 1.54) is 0 Å². The molecule has 0 aliphatic heterocycles. The van der Waals surface area contributed by atoms with E-state index in [9.17, 15) is 0 Å². The number of fused-ring (bicyclic) bond motifs is 1. The Kier molecular flexibility index (Phi) is 1.65. The summed E-state index contributed by atoms with van der Waals surface area (Å²) in [4.78, 5) is 4.04. The second kappa shape index (κ2) is 2.53. The van der Waals surface area contributed by atoms with Crippen molar-refractivity contribution in [2.45, 2.75) is 5.22 Å². The minimum Gasteiger partial charge on any atom is -0.432 e. The fraction of sp³-hybridized carbons (Fsp3) is 0. The highest BCUT2D eigenvalue weighted by molar-refractivity contribution is 9.10. The topological polar surface area (TPSA) is 26.0 Å². The summed E-state index contributed by atoms with van der Waals surface area (Å²) >= 11 is 7.32. The number of halogens is 1. The highest BCUT2D eigenvalue weighted by atomic mass is 79.9. The van der Waals surface area contributed by atoms with E-state index in [4.69, 9.17) is 4.42 Å². The van der Waals surface area contributed by atoms with E-state index in [1.54, 1.807) is 0 Å². The fourth-order valence-electron chi connectivity index (χ4n) is 0.888. The van der Waals surface area contributed by atoms with Gasteiger partial charge < -0.3 is 4.42 Å². The van der Waals surface area contributed by atoms with Crippen LogP contribution < -0.4 is 0 Å². The highest BCUT2D eigenvalue weighted by Gasteiger charge is 2.01. The lowest BCUT2D eigenvalue weighted by molar-refractivity contribution is 0.492. The first-order valence-electron chi connectivity index (χ1n) is 3.01. The summed E-state index contributed by atoms with van der Waals surface area (Å²) in [5, 5.41) is 0.401. The molecular weight excluding hydrogens is 226 g/mol. The molecule has 1 aromatic carbocycles. The Labute approximate surface area is 77.1 Å². The van der Waals surface area contributed by atoms with Crippen LogP contribution in [0.15, 0.2) is 32.3 Å². The van der Waals surface area contributed by atoms with Crippen LogP contribution in [0.1, 0.15) is 0 Å². The molecule has 2 aromatic rings. The summed E-state index contributed by atoms with van der Waals surface area (Å²) in [5.74, 6) is 0. The van der Waals surface area contributed by atoms with Crippen LogP contribution in [0.3, 0.4) is 0 Å². The first kappa shape index (κ1) is 7.18. The van der Waals surface area contributed by atoms with Crippen LogP contribution in [0, 0.1) is 0 Å². The lowest BCUT2D eigenvalue weighted by Crippen LogP contribution is -1.66. The van der Waals surface area contributed by atoms with Crippen molar-refractivity contribution in [2.75, 3.05) is 0 Å². The predicted molar refractivity (Wildman–Crippen MR) is 49.0 cm³/mol. The Morgan fingerprint density at radius 1 is 1.45 bits per heavy atom. The third-order valence-electron chi connectivity index (χ3n) is 1.34. The molecule has 0 amide bonds. The molecule has 0 radical (unpaired) electrons. The Bertz CT molecular complexity index is 398. The van der Waals surface area contributed by atoms with Crippen molar-refractivity contribution in [3.8, 4) is 0 Å². The second-order valence-corrected chi connectivity index (χ2v) is 3.41. The second-order valence-electron chi connectivity index (χ2n) is 2.11. The number of benzene rings is 1. The van der Waals surface area contributed by atoms with Gasteiger partial charge in [-0.15, -0.1) is 0 Å². The molecular formula is C7H4BrNOS. The zero-order valence-corrected chi connectivity index (χ0v) is 7.89. The smallest absolute Gasteiger partial charge is 0.253 e. The molecule has 0 unspecified atom stereocenters. The molecule has 0 saturated heterocycles.